The lowest BCUT2D eigenvalue weighted by molar-refractivity contribution is -0.117. The number of nitrogens with zero attached hydrogens (tertiary/aromatic N) is 4. The van der Waals surface area contributed by atoms with Crippen LogP contribution in [0.2, 0.25) is 0 Å². The molecule has 3 atom stereocenters. The fourth-order valence-corrected chi connectivity index (χ4v) is 4.47. The van der Waals surface area contributed by atoms with E-state index in [-0.39, 0.29) is 23.6 Å². The van der Waals surface area contributed by atoms with Crippen LogP contribution in [0.5, 0.6) is 5.75 Å². The number of benzene rings is 1. The molecule has 32 heavy (non-hydrogen) atoms. The molecule has 0 spiro atoms. The predicted octanol–water partition coefficient (Wildman–Crippen LogP) is 3.32. The summed E-state index contributed by atoms with van der Waals surface area (Å²) >= 11 is 0. The summed E-state index contributed by atoms with van der Waals surface area (Å²) in [4.78, 5) is 23.7. The van der Waals surface area contributed by atoms with E-state index >= 15 is 0 Å². The van der Waals surface area contributed by atoms with Crippen LogP contribution in [0.15, 0.2) is 30.5 Å². The van der Waals surface area contributed by atoms with Gasteiger partial charge in [-0.15, -0.1) is 0 Å². The summed E-state index contributed by atoms with van der Waals surface area (Å²) in [6, 6.07) is 7.85. The summed E-state index contributed by atoms with van der Waals surface area (Å²) in [5.41, 5.74) is 0.334. The minimum atomic E-state index is -0.774. The third-order valence-electron chi connectivity index (χ3n) is 6.24. The topological polar surface area (TPSA) is 78.8 Å². The first-order valence-corrected chi connectivity index (χ1v) is 11.2. The normalized spacial score (nSPS) is 24.1. The van der Waals surface area contributed by atoms with Gasteiger partial charge in [0.2, 0.25) is 5.95 Å². The Balaban J connectivity index is 1.38. The molecule has 0 aliphatic carbocycles. The smallest absolute Gasteiger partial charge is 0.227 e. The van der Waals surface area contributed by atoms with Crippen LogP contribution >= 0.6 is 0 Å². The maximum Gasteiger partial charge on any atom is 0.227 e. The van der Waals surface area contributed by atoms with E-state index in [1.165, 1.54) is 6.20 Å². The van der Waals surface area contributed by atoms with Crippen molar-refractivity contribution < 1.29 is 19.0 Å². The SMILES string of the molecule is CC(=O)C[C@@H](C)c1ccc(O[C@@H]2CCN(c3nc(N4CCC(C)(O)C4)ncc3F)C2)cc1. The van der Waals surface area contributed by atoms with E-state index in [4.69, 9.17) is 4.74 Å². The summed E-state index contributed by atoms with van der Waals surface area (Å²) < 4.78 is 20.6. The number of Topliss-reactive ketones (excluding diaryl/α,β-unsaturated/α-hetero) is 1. The van der Waals surface area contributed by atoms with Gasteiger partial charge >= 0.3 is 0 Å². The van der Waals surface area contributed by atoms with Crippen LogP contribution in [0.1, 0.15) is 51.5 Å². The number of rotatable bonds is 7. The maximum absolute atomic E-state index is 14.5. The highest BCUT2D eigenvalue weighted by Gasteiger charge is 2.34. The van der Waals surface area contributed by atoms with Gasteiger partial charge in [0.15, 0.2) is 11.6 Å². The fourth-order valence-electron chi connectivity index (χ4n) is 4.47. The van der Waals surface area contributed by atoms with Gasteiger partial charge in [0.1, 0.15) is 17.6 Å². The quantitative estimate of drug-likeness (QED) is 0.705. The summed E-state index contributed by atoms with van der Waals surface area (Å²) in [5.74, 6) is 1.39. The molecule has 1 unspecified atom stereocenters. The number of anilines is 2. The molecule has 1 aromatic carbocycles. The van der Waals surface area contributed by atoms with E-state index in [9.17, 15) is 14.3 Å². The molecule has 1 aromatic heterocycles. The first-order chi connectivity index (χ1) is 15.2. The van der Waals surface area contributed by atoms with E-state index in [1.807, 2.05) is 41.0 Å². The van der Waals surface area contributed by atoms with Crippen LogP contribution < -0.4 is 14.5 Å². The summed E-state index contributed by atoms with van der Waals surface area (Å²) in [6.07, 6.45) is 3.06. The second kappa shape index (κ2) is 9.02. The number of aliphatic hydroxyl groups is 1. The van der Waals surface area contributed by atoms with Crippen LogP contribution in [-0.2, 0) is 4.79 Å². The van der Waals surface area contributed by atoms with E-state index in [0.717, 1.165) is 17.7 Å². The first-order valence-electron chi connectivity index (χ1n) is 11.2. The highest BCUT2D eigenvalue weighted by atomic mass is 19.1. The largest absolute Gasteiger partial charge is 0.489 e. The van der Waals surface area contributed by atoms with Crippen molar-refractivity contribution in [1.29, 1.82) is 0 Å². The summed E-state index contributed by atoms with van der Waals surface area (Å²) in [7, 11) is 0. The number of carbonyl (C=O) groups is 1. The number of hydrogen-bond donors (Lipinski definition) is 1. The number of hydrogen-bond acceptors (Lipinski definition) is 7. The Bertz CT molecular complexity index is 966. The molecular formula is C24H31FN4O3. The van der Waals surface area contributed by atoms with E-state index < -0.39 is 11.4 Å². The van der Waals surface area contributed by atoms with Gasteiger partial charge < -0.3 is 24.4 Å². The molecule has 2 aromatic rings. The fraction of sp³-hybridized carbons (Fsp3) is 0.542. The highest BCUT2D eigenvalue weighted by Crippen LogP contribution is 2.29. The van der Waals surface area contributed by atoms with E-state index in [2.05, 4.69) is 9.97 Å². The van der Waals surface area contributed by atoms with Gasteiger partial charge in [-0.3, -0.25) is 0 Å². The molecule has 2 aliphatic heterocycles. The average molecular weight is 443 g/mol. The molecule has 0 saturated carbocycles. The minimum Gasteiger partial charge on any atom is -0.489 e. The van der Waals surface area contributed by atoms with Crippen LogP contribution in [-0.4, -0.2) is 58.7 Å². The lowest BCUT2D eigenvalue weighted by atomic mass is 9.96. The van der Waals surface area contributed by atoms with Crippen molar-refractivity contribution in [3.8, 4) is 5.75 Å². The van der Waals surface area contributed by atoms with E-state index in [0.29, 0.717) is 45.0 Å². The van der Waals surface area contributed by atoms with Crippen LogP contribution in [0.25, 0.3) is 0 Å². The highest BCUT2D eigenvalue weighted by molar-refractivity contribution is 5.76. The maximum atomic E-state index is 14.5. The molecule has 0 bridgehead atoms. The molecule has 2 aliphatic rings. The number of ether oxygens (including phenoxy) is 1. The second-order valence-electron chi connectivity index (χ2n) is 9.36. The summed E-state index contributed by atoms with van der Waals surface area (Å²) in [6.45, 7) is 7.70. The summed E-state index contributed by atoms with van der Waals surface area (Å²) in [5, 5.41) is 10.2. The van der Waals surface area contributed by atoms with Gasteiger partial charge in [-0.2, -0.15) is 4.98 Å². The lowest BCUT2D eigenvalue weighted by Crippen LogP contribution is -2.31. The van der Waals surface area contributed by atoms with Crippen LogP contribution in [0.4, 0.5) is 16.2 Å². The lowest BCUT2D eigenvalue weighted by Gasteiger charge is -2.22. The molecule has 0 radical (unpaired) electrons. The molecule has 7 nitrogen and oxygen atoms in total. The monoisotopic (exact) mass is 442 g/mol. The molecule has 1 N–H and O–H groups in total. The molecular weight excluding hydrogens is 411 g/mol. The van der Waals surface area contributed by atoms with Crippen molar-refractivity contribution in [3.05, 3.63) is 41.8 Å². The van der Waals surface area contributed by atoms with Crippen molar-refractivity contribution in [1.82, 2.24) is 9.97 Å². The number of carbonyl (C=O) groups excluding carboxylic acids is 1. The molecule has 2 fully saturated rings. The third kappa shape index (κ3) is 5.18. The minimum absolute atomic E-state index is 0.0687. The van der Waals surface area contributed by atoms with Gasteiger partial charge in [-0.05, 0) is 43.9 Å². The Morgan fingerprint density at radius 1 is 1.31 bits per heavy atom. The standard InChI is InChI=1S/C24H31FN4O3/c1-16(12-17(2)30)18-4-6-19(7-5-18)32-20-8-10-28(14-20)22-21(25)13-26-23(27-22)29-11-9-24(3,31)15-29/h4-7,13,16,20,31H,8-12,14-15H2,1-3H3/t16-,20-,24?/m1/s1. The number of halogens is 1. The molecule has 172 valence electrons. The zero-order valence-electron chi connectivity index (χ0n) is 18.9. The van der Waals surface area contributed by atoms with Crippen LogP contribution in [0, 0.1) is 5.82 Å². The Kier molecular flexibility index (Phi) is 6.33. The van der Waals surface area contributed by atoms with Crippen molar-refractivity contribution >= 4 is 17.5 Å². The first kappa shape index (κ1) is 22.5. The molecule has 3 heterocycles. The predicted molar refractivity (Wildman–Crippen MR) is 121 cm³/mol. The van der Waals surface area contributed by atoms with Gasteiger partial charge in [0.05, 0.1) is 18.3 Å². The Morgan fingerprint density at radius 2 is 2.06 bits per heavy atom. The molecule has 8 heteroatoms. The van der Waals surface area contributed by atoms with Gasteiger partial charge in [0, 0.05) is 32.5 Å². The van der Waals surface area contributed by atoms with Crippen molar-refractivity contribution in [2.75, 3.05) is 36.0 Å². The zero-order chi connectivity index (χ0) is 22.9. The van der Waals surface area contributed by atoms with Crippen molar-refractivity contribution in [3.63, 3.8) is 0 Å². The Hall–Kier alpha value is -2.74. The van der Waals surface area contributed by atoms with Gasteiger partial charge in [-0.25, -0.2) is 9.37 Å². The van der Waals surface area contributed by atoms with Crippen LogP contribution in [0.3, 0.4) is 0 Å². The zero-order valence-corrected chi connectivity index (χ0v) is 18.9. The Labute approximate surface area is 188 Å². The van der Waals surface area contributed by atoms with Gasteiger partial charge in [0.25, 0.3) is 0 Å². The molecule has 2 saturated heterocycles. The van der Waals surface area contributed by atoms with Gasteiger partial charge in [-0.1, -0.05) is 19.1 Å². The third-order valence-corrected chi connectivity index (χ3v) is 6.24. The Morgan fingerprint density at radius 3 is 2.72 bits per heavy atom. The molecule has 4 rings (SSSR count). The number of ketones is 1. The van der Waals surface area contributed by atoms with E-state index in [1.54, 1.807) is 13.8 Å². The number of β-amino-alcohol motifs (C(OH)–C–C–N with tert-alkyl or cyclic N) is 1. The molecule has 0 amide bonds. The average Bonchev–Trinajstić information content (AvgIpc) is 3.34. The van der Waals surface area contributed by atoms with Crippen molar-refractivity contribution in [2.24, 2.45) is 0 Å². The number of aromatic nitrogens is 2. The van der Waals surface area contributed by atoms with Crippen molar-refractivity contribution in [2.45, 2.75) is 57.7 Å². The second-order valence-corrected chi connectivity index (χ2v) is 9.36.